The number of hydrogen-bond donors (Lipinski definition) is 1. The van der Waals surface area contributed by atoms with Crippen molar-refractivity contribution in [1.29, 1.82) is 0 Å². The van der Waals surface area contributed by atoms with Gasteiger partial charge in [0, 0.05) is 37.3 Å². The third kappa shape index (κ3) is 3.78. The molecule has 2 N–H and O–H groups in total. The van der Waals surface area contributed by atoms with Crippen LogP contribution in [0.3, 0.4) is 0 Å². The van der Waals surface area contributed by atoms with Crippen molar-refractivity contribution in [2.75, 3.05) is 13.1 Å². The number of carbonyl (C=O) groups excluding carboxylic acids is 2. The SMILES string of the molecule is Cn1cccc1-c1cc(C(=O)N2CCC(C(N)=O)CC2)n(-c2ccc(Cl)cc2)n1. The van der Waals surface area contributed by atoms with Crippen molar-refractivity contribution in [2.45, 2.75) is 12.8 Å². The van der Waals surface area contributed by atoms with Gasteiger partial charge >= 0.3 is 0 Å². The molecule has 1 aromatic carbocycles. The van der Waals surface area contributed by atoms with Crippen LogP contribution in [-0.2, 0) is 11.8 Å². The smallest absolute Gasteiger partial charge is 0.272 e. The first kappa shape index (κ1) is 19.3. The molecular formula is C21H22ClN5O2. The van der Waals surface area contributed by atoms with Crippen LogP contribution in [0.1, 0.15) is 23.3 Å². The molecule has 1 aliphatic rings. The highest BCUT2D eigenvalue weighted by Crippen LogP contribution is 2.25. The Morgan fingerprint density at radius 1 is 1.14 bits per heavy atom. The second-order valence-electron chi connectivity index (χ2n) is 7.28. The number of halogens is 1. The fraction of sp³-hybridized carbons (Fsp3) is 0.286. The minimum absolute atomic E-state index is 0.115. The average molecular weight is 412 g/mol. The van der Waals surface area contributed by atoms with Crippen molar-refractivity contribution < 1.29 is 9.59 Å². The second kappa shape index (κ2) is 7.75. The van der Waals surface area contributed by atoms with E-state index >= 15 is 0 Å². The van der Waals surface area contributed by atoms with Gasteiger partial charge in [0.05, 0.1) is 11.4 Å². The summed E-state index contributed by atoms with van der Waals surface area (Å²) in [6, 6.07) is 12.9. The summed E-state index contributed by atoms with van der Waals surface area (Å²) in [5, 5.41) is 5.32. The first-order chi connectivity index (χ1) is 13.9. The van der Waals surface area contributed by atoms with Gasteiger partial charge in [-0.2, -0.15) is 5.10 Å². The van der Waals surface area contributed by atoms with Gasteiger partial charge in [-0.05, 0) is 55.3 Å². The van der Waals surface area contributed by atoms with Gasteiger partial charge in [-0.25, -0.2) is 4.68 Å². The molecule has 2 aromatic heterocycles. The Labute approximate surface area is 173 Å². The normalized spacial score (nSPS) is 14.9. The zero-order valence-electron chi connectivity index (χ0n) is 16.1. The highest BCUT2D eigenvalue weighted by atomic mass is 35.5. The van der Waals surface area contributed by atoms with Gasteiger partial charge in [0.2, 0.25) is 5.91 Å². The molecule has 7 nitrogen and oxygen atoms in total. The quantitative estimate of drug-likeness (QED) is 0.716. The van der Waals surface area contributed by atoms with Crippen LogP contribution in [0.4, 0.5) is 0 Å². The van der Waals surface area contributed by atoms with Gasteiger partial charge in [0.15, 0.2) is 0 Å². The summed E-state index contributed by atoms with van der Waals surface area (Å²) in [6.07, 6.45) is 3.11. The third-order valence-corrected chi connectivity index (χ3v) is 5.64. The Morgan fingerprint density at radius 3 is 2.41 bits per heavy atom. The lowest BCUT2D eigenvalue weighted by atomic mass is 9.96. The zero-order valence-corrected chi connectivity index (χ0v) is 16.8. The number of hydrogen-bond acceptors (Lipinski definition) is 3. The van der Waals surface area contributed by atoms with E-state index < -0.39 is 0 Å². The number of nitrogens with two attached hydrogens (primary N) is 1. The lowest BCUT2D eigenvalue weighted by Crippen LogP contribution is -2.42. The van der Waals surface area contributed by atoms with Crippen LogP contribution in [-0.4, -0.2) is 44.2 Å². The molecule has 4 rings (SSSR count). The van der Waals surface area contributed by atoms with Crippen LogP contribution in [0.2, 0.25) is 5.02 Å². The number of primary amides is 1. The van der Waals surface area contributed by atoms with E-state index in [0.717, 1.165) is 11.4 Å². The maximum absolute atomic E-state index is 13.3. The Balaban J connectivity index is 1.70. The molecule has 0 unspecified atom stereocenters. The van der Waals surface area contributed by atoms with Crippen LogP contribution < -0.4 is 5.73 Å². The summed E-state index contributed by atoms with van der Waals surface area (Å²) < 4.78 is 3.61. The summed E-state index contributed by atoms with van der Waals surface area (Å²) >= 11 is 6.02. The van der Waals surface area contributed by atoms with E-state index in [2.05, 4.69) is 0 Å². The summed E-state index contributed by atoms with van der Waals surface area (Å²) in [5.74, 6) is -0.579. The average Bonchev–Trinajstić information content (AvgIpc) is 3.34. The lowest BCUT2D eigenvalue weighted by molar-refractivity contribution is -0.123. The Kier molecular flexibility index (Phi) is 5.15. The molecule has 29 heavy (non-hydrogen) atoms. The fourth-order valence-electron chi connectivity index (χ4n) is 3.69. The van der Waals surface area contributed by atoms with E-state index in [9.17, 15) is 9.59 Å². The largest absolute Gasteiger partial charge is 0.369 e. The number of carbonyl (C=O) groups is 2. The molecule has 3 heterocycles. The van der Waals surface area contributed by atoms with E-state index in [-0.39, 0.29) is 17.7 Å². The zero-order chi connectivity index (χ0) is 20.5. The highest BCUT2D eigenvalue weighted by molar-refractivity contribution is 6.30. The molecule has 0 radical (unpaired) electrons. The third-order valence-electron chi connectivity index (χ3n) is 5.39. The Bertz CT molecular complexity index is 1050. The van der Waals surface area contributed by atoms with E-state index in [1.165, 1.54) is 0 Å². The number of nitrogens with zero attached hydrogens (tertiary/aromatic N) is 4. The van der Waals surface area contributed by atoms with Gasteiger partial charge in [-0.1, -0.05) is 11.6 Å². The molecule has 8 heteroatoms. The topological polar surface area (TPSA) is 86.2 Å². The van der Waals surface area contributed by atoms with E-state index in [4.69, 9.17) is 22.4 Å². The van der Waals surface area contributed by atoms with E-state index in [1.54, 1.807) is 21.7 Å². The number of amides is 2. The summed E-state index contributed by atoms with van der Waals surface area (Å²) in [4.78, 5) is 26.5. The molecule has 0 spiro atoms. The summed E-state index contributed by atoms with van der Waals surface area (Å²) in [5.41, 5.74) is 8.27. The maximum Gasteiger partial charge on any atom is 0.272 e. The van der Waals surface area contributed by atoms with Crippen LogP contribution in [0.25, 0.3) is 17.1 Å². The number of benzene rings is 1. The molecule has 0 aliphatic carbocycles. The first-order valence-corrected chi connectivity index (χ1v) is 9.88. The minimum atomic E-state index is -0.297. The van der Waals surface area contributed by atoms with Crippen LogP contribution in [0.5, 0.6) is 0 Å². The molecule has 3 aromatic rings. The van der Waals surface area contributed by atoms with Crippen molar-refractivity contribution in [3.8, 4) is 17.1 Å². The standard InChI is InChI=1S/C21H22ClN5O2/c1-25-10-2-3-18(25)17-13-19(27(24-17)16-6-4-15(22)5-7-16)21(29)26-11-8-14(9-12-26)20(23)28/h2-7,10,13-14H,8-9,11-12H2,1H3,(H2,23,28). The van der Waals surface area contributed by atoms with Crippen molar-refractivity contribution in [3.63, 3.8) is 0 Å². The van der Waals surface area contributed by atoms with Crippen LogP contribution in [0, 0.1) is 5.92 Å². The number of aryl methyl sites for hydroxylation is 1. The Hall–Kier alpha value is -3.06. The highest BCUT2D eigenvalue weighted by Gasteiger charge is 2.29. The van der Waals surface area contributed by atoms with Crippen molar-refractivity contribution in [1.82, 2.24) is 19.2 Å². The van der Waals surface area contributed by atoms with Crippen LogP contribution >= 0.6 is 11.6 Å². The van der Waals surface area contributed by atoms with Gasteiger partial charge in [-0.15, -0.1) is 0 Å². The monoisotopic (exact) mass is 411 g/mol. The van der Waals surface area contributed by atoms with Gasteiger partial charge in [0.1, 0.15) is 11.4 Å². The molecule has 0 saturated carbocycles. The lowest BCUT2D eigenvalue weighted by Gasteiger charge is -2.30. The molecule has 0 atom stereocenters. The molecule has 1 fully saturated rings. The second-order valence-corrected chi connectivity index (χ2v) is 7.71. The molecule has 2 amide bonds. The number of aromatic nitrogens is 3. The van der Waals surface area contributed by atoms with Gasteiger partial charge in [0.25, 0.3) is 5.91 Å². The molecule has 1 aliphatic heterocycles. The van der Waals surface area contributed by atoms with Gasteiger partial charge in [-0.3, -0.25) is 9.59 Å². The first-order valence-electron chi connectivity index (χ1n) is 9.50. The Morgan fingerprint density at radius 2 is 1.83 bits per heavy atom. The summed E-state index contributed by atoms with van der Waals surface area (Å²) in [7, 11) is 1.94. The predicted octanol–water partition coefficient (Wildman–Crippen LogP) is 2.87. The van der Waals surface area contributed by atoms with Crippen molar-refractivity contribution >= 4 is 23.4 Å². The van der Waals surface area contributed by atoms with Crippen molar-refractivity contribution in [3.05, 3.63) is 59.4 Å². The molecule has 150 valence electrons. The molecule has 1 saturated heterocycles. The number of piperidine rings is 1. The summed E-state index contributed by atoms with van der Waals surface area (Å²) in [6.45, 7) is 0.995. The molecular weight excluding hydrogens is 390 g/mol. The van der Waals surface area contributed by atoms with Crippen LogP contribution in [0.15, 0.2) is 48.7 Å². The van der Waals surface area contributed by atoms with Gasteiger partial charge < -0.3 is 15.2 Å². The fourth-order valence-corrected chi connectivity index (χ4v) is 3.82. The molecule has 0 bridgehead atoms. The number of likely N-dealkylation sites (tertiary alicyclic amines) is 1. The van der Waals surface area contributed by atoms with Crippen molar-refractivity contribution in [2.24, 2.45) is 18.7 Å². The minimum Gasteiger partial charge on any atom is -0.369 e. The maximum atomic E-state index is 13.3. The van der Waals surface area contributed by atoms with E-state index in [1.807, 2.05) is 48.1 Å². The van der Waals surface area contributed by atoms with E-state index in [0.29, 0.717) is 42.3 Å². The number of rotatable bonds is 4. The predicted molar refractivity (Wildman–Crippen MR) is 111 cm³/mol.